The molecule has 0 aromatic carbocycles. The zero-order valence-corrected chi connectivity index (χ0v) is 13.2. The Labute approximate surface area is 127 Å². The number of likely N-dealkylation sites (tertiary alicyclic amines) is 1. The molecule has 5 heteroatoms. The zero-order valence-electron chi connectivity index (χ0n) is 13.2. The Hall–Kier alpha value is -1.28. The standard InChI is InChI=1S/C16H27N3O2/c1-3-21-15(20)19-10-6-14(7-11-19)18-16(12-17)8-4-13(2)5-9-16/h13-14,18H,3-11H2,1-2H3. The summed E-state index contributed by atoms with van der Waals surface area (Å²) in [5, 5.41) is 13.2. The number of rotatable bonds is 3. The van der Waals surface area contributed by atoms with Crippen molar-refractivity contribution in [2.45, 2.75) is 64.0 Å². The Bertz CT molecular complexity index is 389. The van der Waals surface area contributed by atoms with Gasteiger partial charge in [-0.1, -0.05) is 6.92 Å². The number of carbonyl (C=O) groups excluding carboxylic acids is 1. The molecule has 2 fully saturated rings. The Balaban J connectivity index is 1.82. The van der Waals surface area contributed by atoms with Crippen molar-refractivity contribution < 1.29 is 9.53 Å². The van der Waals surface area contributed by atoms with Gasteiger partial charge in [-0.2, -0.15) is 5.26 Å². The van der Waals surface area contributed by atoms with E-state index in [1.54, 1.807) is 4.90 Å². The number of hydrogen-bond acceptors (Lipinski definition) is 4. The predicted octanol–water partition coefficient (Wildman–Crippen LogP) is 2.67. The third-order valence-electron chi connectivity index (χ3n) is 4.84. The third kappa shape index (κ3) is 4.10. The highest BCUT2D eigenvalue weighted by Gasteiger charge is 2.37. The van der Waals surface area contributed by atoms with Crippen molar-refractivity contribution >= 4 is 6.09 Å². The maximum absolute atomic E-state index is 11.7. The summed E-state index contributed by atoms with van der Waals surface area (Å²) in [6.45, 7) is 5.95. The fourth-order valence-electron chi connectivity index (χ4n) is 3.36. The highest BCUT2D eigenvalue weighted by Crippen LogP contribution is 2.32. The number of amides is 1. The molecule has 2 aliphatic rings. The quantitative estimate of drug-likeness (QED) is 0.869. The SMILES string of the molecule is CCOC(=O)N1CCC(NC2(C#N)CCC(C)CC2)CC1. The summed E-state index contributed by atoms with van der Waals surface area (Å²) in [4.78, 5) is 13.4. The molecule has 0 aromatic rings. The molecule has 0 radical (unpaired) electrons. The average molecular weight is 293 g/mol. The van der Waals surface area contributed by atoms with Crippen molar-refractivity contribution in [2.24, 2.45) is 5.92 Å². The topological polar surface area (TPSA) is 65.4 Å². The first-order valence-electron chi connectivity index (χ1n) is 8.19. The Morgan fingerprint density at radius 1 is 1.33 bits per heavy atom. The Kier molecular flexibility index (Phi) is 5.46. The molecule has 1 aliphatic carbocycles. The first kappa shape index (κ1) is 16.1. The van der Waals surface area contributed by atoms with Crippen LogP contribution in [0.1, 0.15) is 52.4 Å². The minimum Gasteiger partial charge on any atom is -0.450 e. The summed E-state index contributed by atoms with van der Waals surface area (Å²) in [6, 6.07) is 2.86. The van der Waals surface area contributed by atoms with E-state index in [1.165, 1.54) is 0 Å². The lowest BCUT2D eigenvalue weighted by Crippen LogP contribution is -2.54. The van der Waals surface area contributed by atoms with Crippen LogP contribution in [0.3, 0.4) is 0 Å². The maximum Gasteiger partial charge on any atom is 0.409 e. The second kappa shape index (κ2) is 7.13. The number of nitrogens with zero attached hydrogens (tertiary/aromatic N) is 2. The number of hydrogen-bond donors (Lipinski definition) is 1. The first-order valence-corrected chi connectivity index (χ1v) is 8.19. The van der Waals surface area contributed by atoms with E-state index in [9.17, 15) is 10.1 Å². The summed E-state index contributed by atoms with van der Waals surface area (Å²) >= 11 is 0. The molecule has 1 aliphatic heterocycles. The summed E-state index contributed by atoms with van der Waals surface area (Å²) in [7, 11) is 0. The lowest BCUT2D eigenvalue weighted by Gasteiger charge is -2.40. The minimum absolute atomic E-state index is 0.211. The molecule has 0 atom stereocenters. The van der Waals surface area contributed by atoms with Gasteiger partial charge in [0.15, 0.2) is 0 Å². The second-order valence-electron chi connectivity index (χ2n) is 6.48. The van der Waals surface area contributed by atoms with Crippen LogP contribution in [0.25, 0.3) is 0 Å². The van der Waals surface area contributed by atoms with E-state index in [1.807, 2.05) is 6.92 Å². The molecule has 1 amide bonds. The van der Waals surface area contributed by atoms with E-state index < -0.39 is 0 Å². The largest absolute Gasteiger partial charge is 0.450 e. The molecule has 21 heavy (non-hydrogen) atoms. The zero-order chi connectivity index (χ0) is 15.3. The molecule has 2 rings (SSSR count). The van der Waals surface area contributed by atoms with Gasteiger partial charge in [0.25, 0.3) is 0 Å². The van der Waals surface area contributed by atoms with E-state index in [2.05, 4.69) is 18.3 Å². The number of ether oxygens (including phenoxy) is 1. The van der Waals surface area contributed by atoms with Gasteiger partial charge >= 0.3 is 6.09 Å². The van der Waals surface area contributed by atoms with E-state index in [0.29, 0.717) is 25.7 Å². The van der Waals surface area contributed by atoms with Crippen LogP contribution in [0.15, 0.2) is 0 Å². The van der Waals surface area contributed by atoms with Crippen LogP contribution in [0.5, 0.6) is 0 Å². The van der Waals surface area contributed by atoms with Gasteiger partial charge in [0.2, 0.25) is 0 Å². The molecule has 1 N–H and O–H groups in total. The third-order valence-corrected chi connectivity index (χ3v) is 4.84. The minimum atomic E-state index is -0.344. The van der Waals surface area contributed by atoms with Crippen molar-refractivity contribution in [3.8, 4) is 6.07 Å². The van der Waals surface area contributed by atoms with E-state index in [-0.39, 0.29) is 11.6 Å². The number of nitriles is 1. The molecular formula is C16H27N3O2. The number of carbonyl (C=O) groups is 1. The van der Waals surface area contributed by atoms with Gasteiger partial charge in [0, 0.05) is 19.1 Å². The molecule has 0 bridgehead atoms. The van der Waals surface area contributed by atoms with Gasteiger partial charge in [-0.15, -0.1) is 0 Å². The molecule has 0 aromatic heterocycles. The van der Waals surface area contributed by atoms with E-state index >= 15 is 0 Å². The second-order valence-corrected chi connectivity index (χ2v) is 6.48. The summed E-state index contributed by atoms with van der Waals surface area (Å²) in [5.74, 6) is 0.735. The van der Waals surface area contributed by atoms with Crippen LogP contribution in [0.2, 0.25) is 0 Å². The van der Waals surface area contributed by atoms with Crippen LogP contribution in [0.4, 0.5) is 4.79 Å². The fraction of sp³-hybridized carbons (Fsp3) is 0.875. The van der Waals surface area contributed by atoms with Gasteiger partial charge in [0.1, 0.15) is 5.54 Å². The van der Waals surface area contributed by atoms with Crippen molar-refractivity contribution in [3.63, 3.8) is 0 Å². The van der Waals surface area contributed by atoms with E-state index in [4.69, 9.17) is 4.74 Å². The summed E-state index contributed by atoms with van der Waals surface area (Å²) in [6.07, 6.45) is 5.74. The predicted molar refractivity (Wildman–Crippen MR) is 80.7 cm³/mol. The first-order chi connectivity index (χ1) is 10.1. The van der Waals surface area contributed by atoms with Crippen LogP contribution < -0.4 is 5.32 Å². The monoisotopic (exact) mass is 293 g/mol. The highest BCUT2D eigenvalue weighted by atomic mass is 16.6. The van der Waals surface area contributed by atoms with Crippen molar-refractivity contribution in [2.75, 3.05) is 19.7 Å². The lowest BCUT2D eigenvalue weighted by molar-refractivity contribution is 0.0912. The maximum atomic E-state index is 11.7. The molecule has 0 spiro atoms. The average Bonchev–Trinajstić information content (AvgIpc) is 2.51. The molecule has 118 valence electrons. The van der Waals surface area contributed by atoms with Crippen molar-refractivity contribution in [1.82, 2.24) is 10.2 Å². The van der Waals surface area contributed by atoms with Gasteiger partial charge in [-0.05, 0) is 51.4 Å². The summed E-state index contributed by atoms with van der Waals surface area (Å²) < 4.78 is 5.03. The number of piperidine rings is 1. The van der Waals surface area contributed by atoms with Crippen molar-refractivity contribution in [1.29, 1.82) is 5.26 Å². The highest BCUT2D eigenvalue weighted by molar-refractivity contribution is 5.67. The van der Waals surface area contributed by atoms with Gasteiger partial charge in [-0.25, -0.2) is 4.79 Å². The van der Waals surface area contributed by atoms with Crippen molar-refractivity contribution in [3.05, 3.63) is 0 Å². The molecule has 1 saturated carbocycles. The normalized spacial score (nSPS) is 30.7. The van der Waals surface area contributed by atoms with Gasteiger partial charge < -0.3 is 9.64 Å². The van der Waals surface area contributed by atoms with E-state index in [0.717, 1.165) is 44.4 Å². The van der Waals surface area contributed by atoms with Crippen LogP contribution in [-0.2, 0) is 4.74 Å². The molecule has 0 unspecified atom stereocenters. The van der Waals surface area contributed by atoms with Crippen LogP contribution in [-0.4, -0.2) is 42.3 Å². The Morgan fingerprint density at radius 3 is 2.48 bits per heavy atom. The molecule has 1 saturated heterocycles. The Morgan fingerprint density at radius 2 is 1.95 bits per heavy atom. The molecule has 5 nitrogen and oxygen atoms in total. The number of nitrogens with one attached hydrogen (secondary N) is 1. The van der Waals surface area contributed by atoms with Crippen LogP contribution in [0, 0.1) is 17.2 Å². The smallest absolute Gasteiger partial charge is 0.409 e. The van der Waals surface area contributed by atoms with Crippen LogP contribution >= 0.6 is 0 Å². The molecule has 1 heterocycles. The fourth-order valence-corrected chi connectivity index (χ4v) is 3.36. The lowest BCUT2D eigenvalue weighted by atomic mass is 9.77. The van der Waals surface area contributed by atoms with Gasteiger partial charge in [-0.3, -0.25) is 5.32 Å². The molecular weight excluding hydrogens is 266 g/mol. The summed E-state index contributed by atoms with van der Waals surface area (Å²) in [5.41, 5.74) is -0.344. The van der Waals surface area contributed by atoms with Gasteiger partial charge in [0.05, 0.1) is 12.7 Å².